The zero-order valence-corrected chi connectivity index (χ0v) is 16.3. The predicted molar refractivity (Wildman–Crippen MR) is 102 cm³/mol. The molecular weight excluding hydrogens is 441 g/mol. The summed E-state index contributed by atoms with van der Waals surface area (Å²) in [5.41, 5.74) is -2.77. The van der Waals surface area contributed by atoms with E-state index in [0.29, 0.717) is 11.6 Å². The fourth-order valence-corrected chi connectivity index (χ4v) is 3.33. The third-order valence-electron chi connectivity index (χ3n) is 4.37. The molecule has 0 atom stereocenters. The van der Waals surface area contributed by atoms with Crippen LogP contribution in [0.2, 0.25) is 15.1 Å². The van der Waals surface area contributed by atoms with Crippen molar-refractivity contribution in [2.24, 2.45) is 0 Å². The van der Waals surface area contributed by atoms with Crippen molar-refractivity contribution in [1.82, 2.24) is 5.32 Å². The van der Waals surface area contributed by atoms with Crippen molar-refractivity contribution in [3.8, 4) is 0 Å². The maximum absolute atomic E-state index is 14.3. The molecule has 1 aliphatic rings. The molecule has 0 bridgehead atoms. The van der Waals surface area contributed by atoms with Crippen LogP contribution in [-0.2, 0) is 5.67 Å². The van der Waals surface area contributed by atoms with E-state index in [1.807, 2.05) is 0 Å². The van der Waals surface area contributed by atoms with Crippen LogP contribution in [0.25, 0.3) is 5.57 Å². The Morgan fingerprint density at radius 2 is 1.54 bits per heavy atom. The van der Waals surface area contributed by atoms with Gasteiger partial charge in [-0.25, -0.2) is 4.39 Å². The molecule has 0 radical (unpaired) electrons. The second-order valence-corrected chi connectivity index (χ2v) is 7.51. The summed E-state index contributed by atoms with van der Waals surface area (Å²) in [6, 6.07) is 7.35. The lowest BCUT2D eigenvalue weighted by Gasteiger charge is -2.35. The second-order valence-electron chi connectivity index (χ2n) is 6.32. The Morgan fingerprint density at radius 3 is 1.96 bits per heavy atom. The van der Waals surface area contributed by atoms with Crippen molar-refractivity contribution in [3.63, 3.8) is 0 Å². The molecule has 0 spiro atoms. The molecule has 0 saturated carbocycles. The van der Waals surface area contributed by atoms with Crippen LogP contribution in [0, 0.1) is 0 Å². The molecule has 1 aliphatic heterocycles. The number of hydrogen-bond donors (Lipinski definition) is 1. The number of nitrogens with one attached hydrogen (secondary N) is 1. The van der Waals surface area contributed by atoms with Crippen molar-refractivity contribution < 1.29 is 22.4 Å². The van der Waals surface area contributed by atoms with E-state index < -0.39 is 23.2 Å². The van der Waals surface area contributed by atoms with Crippen molar-refractivity contribution >= 4 is 46.2 Å². The van der Waals surface area contributed by atoms with Gasteiger partial charge in [0.1, 0.15) is 0 Å². The lowest BCUT2D eigenvalue weighted by Crippen LogP contribution is -2.53. The van der Waals surface area contributed by atoms with Crippen LogP contribution in [0.5, 0.6) is 0 Å². The van der Waals surface area contributed by atoms with Gasteiger partial charge in [0.2, 0.25) is 0 Å². The van der Waals surface area contributed by atoms with Gasteiger partial charge in [0.15, 0.2) is 11.5 Å². The molecule has 0 amide bonds. The fraction of sp³-hybridized carbons (Fsp3) is 0.211. The lowest BCUT2D eigenvalue weighted by atomic mass is 9.89. The molecular formula is C19H12Cl3F4NO. The van der Waals surface area contributed by atoms with Gasteiger partial charge in [-0.15, -0.1) is 0 Å². The van der Waals surface area contributed by atoms with E-state index in [2.05, 4.69) is 5.32 Å². The number of allylic oxidation sites excluding steroid dienone is 2. The highest BCUT2D eigenvalue weighted by atomic mass is 35.5. The second kappa shape index (κ2) is 7.67. The Balaban J connectivity index is 1.96. The molecule has 0 aliphatic carbocycles. The maximum atomic E-state index is 14.3. The van der Waals surface area contributed by atoms with Gasteiger partial charge in [-0.05, 0) is 29.3 Å². The Bertz CT molecular complexity index is 928. The molecule has 0 unspecified atom stereocenters. The van der Waals surface area contributed by atoms with Crippen LogP contribution < -0.4 is 5.32 Å². The van der Waals surface area contributed by atoms with E-state index in [0.717, 1.165) is 12.1 Å². The van der Waals surface area contributed by atoms with Crippen molar-refractivity contribution in [1.29, 1.82) is 0 Å². The zero-order valence-electron chi connectivity index (χ0n) is 14.0. The third-order valence-corrected chi connectivity index (χ3v) is 5.57. The molecule has 1 heterocycles. The van der Waals surface area contributed by atoms with Gasteiger partial charge in [-0.1, -0.05) is 59.1 Å². The van der Waals surface area contributed by atoms with Crippen LogP contribution >= 0.6 is 34.8 Å². The third kappa shape index (κ3) is 4.20. The van der Waals surface area contributed by atoms with Gasteiger partial charge in [0.05, 0.1) is 20.6 Å². The Hall–Kier alpha value is -1.60. The minimum atomic E-state index is -4.84. The monoisotopic (exact) mass is 451 g/mol. The number of rotatable bonds is 4. The number of halogens is 7. The summed E-state index contributed by atoms with van der Waals surface area (Å²) in [5, 5.41) is 2.39. The first-order chi connectivity index (χ1) is 13.0. The smallest absolute Gasteiger partial charge is 0.310 e. The van der Waals surface area contributed by atoms with Gasteiger partial charge < -0.3 is 5.32 Å². The summed E-state index contributed by atoms with van der Waals surface area (Å²) < 4.78 is 54.9. The van der Waals surface area contributed by atoms with Crippen molar-refractivity contribution in [2.75, 3.05) is 13.1 Å². The average molecular weight is 453 g/mol. The minimum absolute atomic E-state index is 0.00691. The standard InChI is InChI=1S/C19H12Cl3F4NO/c20-14-5-11(6-15(21)17(14)22)13(19(24,25)26)7-16(28)10-1-3-12(4-2-10)18(23)8-27-9-18/h1-7,27H,8-9H2. The molecule has 2 aromatic carbocycles. The van der Waals surface area contributed by atoms with Crippen molar-refractivity contribution in [2.45, 2.75) is 11.8 Å². The average Bonchev–Trinajstić information content (AvgIpc) is 2.60. The van der Waals surface area contributed by atoms with Crippen LogP contribution in [-0.4, -0.2) is 25.0 Å². The summed E-state index contributed by atoms with van der Waals surface area (Å²) in [6.45, 7) is 0.299. The number of carbonyl (C=O) groups excluding carboxylic acids is 1. The molecule has 28 heavy (non-hydrogen) atoms. The van der Waals surface area contributed by atoms with E-state index in [4.69, 9.17) is 34.8 Å². The molecule has 2 nitrogen and oxygen atoms in total. The number of alkyl halides is 4. The molecule has 2 aromatic rings. The van der Waals surface area contributed by atoms with Gasteiger partial charge in [-0.2, -0.15) is 13.2 Å². The number of hydrogen-bond acceptors (Lipinski definition) is 2. The largest absolute Gasteiger partial charge is 0.417 e. The summed E-state index contributed by atoms with van der Waals surface area (Å²) in [7, 11) is 0. The summed E-state index contributed by atoms with van der Waals surface area (Å²) >= 11 is 17.4. The fourth-order valence-electron chi connectivity index (χ4n) is 2.74. The van der Waals surface area contributed by atoms with Gasteiger partial charge in [0, 0.05) is 18.7 Å². The van der Waals surface area contributed by atoms with E-state index in [1.54, 1.807) is 0 Å². The van der Waals surface area contributed by atoms with E-state index >= 15 is 0 Å². The van der Waals surface area contributed by atoms with E-state index in [1.165, 1.54) is 24.3 Å². The summed E-state index contributed by atoms with van der Waals surface area (Å²) in [4.78, 5) is 12.4. The topological polar surface area (TPSA) is 29.1 Å². The number of benzene rings is 2. The normalized spacial score (nSPS) is 16.6. The highest BCUT2D eigenvalue weighted by molar-refractivity contribution is 6.48. The summed E-state index contributed by atoms with van der Waals surface area (Å²) in [6.07, 6.45) is -4.38. The van der Waals surface area contributed by atoms with Gasteiger partial charge >= 0.3 is 6.18 Å². The van der Waals surface area contributed by atoms with Crippen LogP contribution in [0.3, 0.4) is 0 Å². The maximum Gasteiger partial charge on any atom is 0.417 e. The van der Waals surface area contributed by atoms with Crippen LogP contribution in [0.1, 0.15) is 21.5 Å². The van der Waals surface area contributed by atoms with Crippen LogP contribution in [0.4, 0.5) is 17.6 Å². The molecule has 9 heteroatoms. The molecule has 0 aromatic heterocycles. The van der Waals surface area contributed by atoms with Crippen LogP contribution in [0.15, 0.2) is 42.5 Å². The van der Waals surface area contributed by atoms with E-state index in [-0.39, 0.29) is 39.3 Å². The van der Waals surface area contributed by atoms with Gasteiger partial charge in [-0.3, -0.25) is 4.79 Å². The molecule has 1 saturated heterocycles. The van der Waals surface area contributed by atoms with E-state index in [9.17, 15) is 22.4 Å². The Labute approximate surface area is 173 Å². The number of ketones is 1. The number of carbonyl (C=O) groups is 1. The lowest BCUT2D eigenvalue weighted by molar-refractivity contribution is -0.0689. The highest BCUT2D eigenvalue weighted by Gasteiger charge is 2.39. The predicted octanol–water partition coefficient (Wildman–Crippen LogP) is 6.24. The Kier molecular flexibility index (Phi) is 5.79. The highest BCUT2D eigenvalue weighted by Crippen LogP contribution is 2.39. The molecule has 1 fully saturated rings. The molecule has 3 rings (SSSR count). The quantitative estimate of drug-likeness (QED) is 0.257. The first-order valence-electron chi connectivity index (χ1n) is 7.99. The molecule has 1 N–H and O–H groups in total. The minimum Gasteiger partial charge on any atom is -0.310 e. The molecule has 148 valence electrons. The van der Waals surface area contributed by atoms with Crippen molar-refractivity contribution in [3.05, 3.63) is 74.2 Å². The summed E-state index contributed by atoms with van der Waals surface area (Å²) in [5.74, 6) is -0.888. The zero-order chi connectivity index (χ0) is 20.7. The first-order valence-corrected chi connectivity index (χ1v) is 9.13. The van der Waals surface area contributed by atoms with Gasteiger partial charge in [0.25, 0.3) is 0 Å². The Morgan fingerprint density at radius 1 is 1.00 bits per heavy atom. The first kappa shape index (κ1) is 21.1. The SMILES string of the molecule is O=C(C=C(c1cc(Cl)c(Cl)c(Cl)c1)C(F)(F)F)c1ccc(C2(F)CNC2)cc1.